The second-order valence-corrected chi connectivity index (χ2v) is 7.22. The van der Waals surface area contributed by atoms with Crippen LogP contribution in [0.15, 0.2) is 52.7 Å². The quantitative estimate of drug-likeness (QED) is 0.628. The third-order valence-electron chi connectivity index (χ3n) is 3.35. The van der Waals surface area contributed by atoms with E-state index in [1.165, 1.54) is 35.2 Å². The van der Waals surface area contributed by atoms with Crippen LogP contribution >= 0.6 is 23.1 Å². The smallest absolute Gasteiger partial charge is 0.236 e. The SMILES string of the molecule is Cc1ccc(SCC(=O)Nc2nc(-c3ccc(F)cc3F)cs2)cc1. The number of carbonyl (C=O) groups excluding carboxylic acids is 1. The van der Waals surface area contributed by atoms with Gasteiger partial charge in [0.25, 0.3) is 0 Å². The van der Waals surface area contributed by atoms with Gasteiger partial charge in [0.2, 0.25) is 5.91 Å². The molecule has 0 bridgehead atoms. The Morgan fingerprint density at radius 3 is 2.68 bits per heavy atom. The minimum atomic E-state index is -0.682. The first kappa shape index (κ1) is 17.6. The average Bonchev–Trinajstić information content (AvgIpc) is 3.02. The van der Waals surface area contributed by atoms with E-state index in [4.69, 9.17) is 0 Å². The molecule has 0 aliphatic rings. The van der Waals surface area contributed by atoms with Crippen molar-refractivity contribution in [2.45, 2.75) is 11.8 Å². The number of aromatic nitrogens is 1. The molecule has 1 aromatic heterocycles. The number of nitrogens with zero attached hydrogens (tertiary/aromatic N) is 1. The number of rotatable bonds is 5. The Balaban J connectivity index is 1.60. The molecule has 3 nitrogen and oxygen atoms in total. The van der Waals surface area contributed by atoms with Crippen molar-refractivity contribution < 1.29 is 13.6 Å². The molecular formula is C18H14F2N2OS2. The zero-order valence-electron chi connectivity index (χ0n) is 13.3. The Kier molecular flexibility index (Phi) is 5.45. The summed E-state index contributed by atoms with van der Waals surface area (Å²) in [5, 5.41) is 4.70. The lowest BCUT2D eigenvalue weighted by molar-refractivity contribution is -0.113. The average molecular weight is 376 g/mol. The van der Waals surface area contributed by atoms with Crippen LogP contribution in [-0.2, 0) is 4.79 Å². The van der Waals surface area contributed by atoms with Crippen LogP contribution in [-0.4, -0.2) is 16.6 Å². The summed E-state index contributed by atoms with van der Waals surface area (Å²) >= 11 is 2.62. The van der Waals surface area contributed by atoms with Crippen molar-refractivity contribution in [3.8, 4) is 11.3 Å². The van der Waals surface area contributed by atoms with E-state index >= 15 is 0 Å². The molecule has 0 aliphatic heterocycles. The second kappa shape index (κ2) is 7.76. The fourth-order valence-corrected chi connectivity index (χ4v) is 3.52. The maximum atomic E-state index is 13.8. The highest BCUT2D eigenvalue weighted by Crippen LogP contribution is 2.27. The highest BCUT2D eigenvalue weighted by atomic mass is 32.2. The molecular weight excluding hydrogens is 362 g/mol. The third-order valence-corrected chi connectivity index (χ3v) is 5.12. The van der Waals surface area contributed by atoms with Crippen molar-refractivity contribution in [2.75, 3.05) is 11.1 Å². The molecule has 2 aromatic carbocycles. The van der Waals surface area contributed by atoms with E-state index in [-0.39, 0.29) is 17.2 Å². The number of thioether (sulfide) groups is 1. The van der Waals surface area contributed by atoms with E-state index in [2.05, 4.69) is 10.3 Å². The van der Waals surface area contributed by atoms with Gasteiger partial charge in [0.15, 0.2) is 5.13 Å². The number of carbonyl (C=O) groups is 1. The van der Waals surface area contributed by atoms with Crippen LogP contribution < -0.4 is 5.32 Å². The van der Waals surface area contributed by atoms with Crippen molar-refractivity contribution in [2.24, 2.45) is 0 Å². The fraction of sp³-hybridized carbons (Fsp3) is 0.111. The fourth-order valence-electron chi connectivity index (χ4n) is 2.09. The molecule has 0 radical (unpaired) electrons. The number of nitrogens with one attached hydrogen (secondary N) is 1. The Labute approximate surface area is 152 Å². The zero-order valence-corrected chi connectivity index (χ0v) is 14.9. The van der Waals surface area contributed by atoms with E-state index in [9.17, 15) is 13.6 Å². The van der Waals surface area contributed by atoms with Crippen LogP contribution in [0.1, 0.15) is 5.56 Å². The van der Waals surface area contributed by atoms with E-state index in [1.807, 2.05) is 31.2 Å². The number of halogens is 2. The Morgan fingerprint density at radius 1 is 1.20 bits per heavy atom. The van der Waals surface area contributed by atoms with Gasteiger partial charge in [0.05, 0.1) is 11.4 Å². The molecule has 3 rings (SSSR count). The minimum Gasteiger partial charge on any atom is -0.301 e. The second-order valence-electron chi connectivity index (χ2n) is 5.31. The lowest BCUT2D eigenvalue weighted by atomic mass is 10.1. The number of hydrogen-bond donors (Lipinski definition) is 1. The maximum Gasteiger partial charge on any atom is 0.236 e. The van der Waals surface area contributed by atoms with Gasteiger partial charge in [-0.1, -0.05) is 17.7 Å². The Morgan fingerprint density at radius 2 is 1.96 bits per heavy atom. The standard InChI is InChI=1S/C18H14F2N2OS2/c1-11-2-5-13(6-3-11)24-10-17(23)22-18-21-16(9-25-18)14-7-4-12(19)8-15(14)20/h2-9H,10H2,1H3,(H,21,22,23). The van der Waals surface area contributed by atoms with Gasteiger partial charge >= 0.3 is 0 Å². The van der Waals surface area contributed by atoms with Crippen molar-refractivity contribution in [1.29, 1.82) is 0 Å². The van der Waals surface area contributed by atoms with Crippen molar-refractivity contribution >= 4 is 34.1 Å². The molecule has 0 saturated carbocycles. The van der Waals surface area contributed by atoms with Crippen molar-refractivity contribution in [3.05, 3.63) is 65.0 Å². The number of hydrogen-bond acceptors (Lipinski definition) is 4. The van der Waals surface area contributed by atoms with Crippen LogP contribution in [0.2, 0.25) is 0 Å². The first-order valence-corrected chi connectivity index (χ1v) is 9.28. The molecule has 0 spiro atoms. The van der Waals surface area contributed by atoms with E-state index in [1.54, 1.807) is 5.38 Å². The number of benzene rings is 2. The number of amides is 1. The van der Waals surface area contributed by atoms with Crippen molar-refractivity contribution in [3.63, 3.8) is 0 Å². The van der Waals surface area contributed by atoms with E-state index < -0.39 is 11.6 Å². The first-order valence-electron chi connectivity index (χ1n) is 7.41. The predicted octanol–water partition coefficient (Wildman–Crippen LogP) is 5.13. The topological polar surface area (TPSA) is 42.0 Å². The predicted molar refractivity (Wildman–Crippen MR) is 98.0 cm³/mol. The minimum absolute atomic E-state index is 0.189. The largest absolute Gasteiger partial charge is 0.301 e. The van der Waals surface area contributed by atoms with Crippen molar-refractivity contribution in [1.82, 2.24) is 4.98 Å². The van der Waals surface area contributed by atoms with Gasteiger partial charge in [0.1, 0.15) is 11.6 Å². The molecule has 3 aromatic rings. The van der Waals surface area contributed by atoms with Gasteiger partial charge in [-0.05, 0) is 31.2 Å². The summed E-state index contributed by atoms with van der Waals surface area (Å²) in [6.45, 7) is 2.01. The summed E-state index contributed by atoms with van der Waals surface area (Å²) in [5.41, 5.74) is 1.73. The third kappa shape index (κ3) is 4.64. The summed E-state index contributed by atoms with van der Waals surface area (Å²) in [7, 11) is 0. The summed E-state index contributed by atoms with van der Waals surface area (Å²) < 4.78 is 26.7. The van der Waals surface area contributed by atoms with Crippen LogP contribution in [0.4, 0.5) is 13.9 Å². The molecule has 0 unspecified atom stereocenters. The monoisotopic (exact) mass is 376 g/mol. The normalized spacial score (nSPS) is 10.7. The molecule has 0 atom stereocenters. The van der Waals surface area contributed by atoms with Gasteiger partial charge < -0.3 is 5.32 Å². The first-order chi connectivity index (χ1) is 12.0. The summed E-state index contributed by atoms with van der Waals surface area (Å²) in [5.74, 6) is -1.26. The summed E-state index contributed by atoms with van der Waals surface area (Å²) in [6, 6.07) is 11.2. The summed E-state index contributed by atoms with van der Waals surface area (Å²) in [4.78, 5) is 17.2. The van der Waals surface area contributed by atoms with Gasteiger partial charge in [-0.25, -0.2) is 13.8 Å². The lowest BCUT2D eigenvalue weighted by Gasteiger charge is -2.03. The van der Waals surface area contributed by atoms with E-state index in [0.717, 1.165) is 16.5 Å². The zero-order chi connectivity index (χ0) is 17.8. The van der Waals surface area contributed by atoms with Crippen LogP contribution in [0.25, 0.3) is 11.3 Å². The molecule has 25 heavy (non-hydrogen) atoms. The summed E-state index contributed by atoms with van der Waals surface area (Å²) in [6.07, 6.45) is 0. The molecule has 1 heterocycles. The Bertz CT molecular complexity index is 894. The lowest BCUT2D eigenvalue weighted by Crippen LogP contribution is -2.13. The van der Waals surface area contributed by atoms with E-state index in [0.29, 0.717) is 10.8 Å². The highest BCUT2D eigenvalue weighted by molar-refractivity contribution is 8.00. The molecule has 7 heteroatoms. The van der Waals surface area contributed by atoms with Gasteiger partial charge in [-0.3, -0.25) is 4.79 Å². The maximum absolute atomic E-state index is 13.8. The molecule has 0 saturated heterocycles. The molecule has 128 valence electrons. The number of anilines is 1. The number of thiazole rings is 1. The Hall–Kier alpha value is -2.25. The highest BCUT2D eigenvalue weighted by Gasteiger charge is 2.12. The van der Waals surface area contributed by atoms with Gasteiger partial charge in [-0.15, -0.1) is 23.1 Å². The van der Waals surface area contributed by atoms with Crippen LogP contribution in [0.5, 0.6) is 0 Å². The number of aryl methyl sites for hydroxylation is 1. The molecule has 0 aliphatic carbocycles. The molecule has 1 amide bonds. The molecule has 0 fully saturated rings. The van der Waals surface area contributed by atoms with Gasteiger partial charge in [0, 0.05) is 21.9 Å². The van der Waals surface area contributed by atoms with Crippen LogP contribution in [0, 0.1) is 18.6 Å². The molecule has 1 N–H and O–H groups in total. The van der Waals surface area contributed by atoms with Crippen LogP contribution in [0.3, 0.4) is 0 Å². The van der Waals surface area contributed by atoms with Gasteiger partial charge in [-0.2, -0.15) is 0 Å².